The highest BCUT2D eigenvalue weighted by Gasteiger charge is 2.21. The Balaban J connectivity index is 1.63. The number of benzene rings is 2. The Morgan fingerprint density at radius 3 is 2.22 bits per heavy atom. The molecule has 0 saturated carbocycles. The van der Waals surface area contributed by atoms with Crippen LogP contribution in [0.25, 0.3) is 0 Å². The Morgan fingerprint density at radius 2 is 1.57 bits per heavy atom. The summed E-state index contributed by atoms with van der Waals surface area (Å²) >= 11 is 0. The van der Waals surface area contributed by atoms with Crippen LogP contribution in [-0.4, -0.2) is 17.7 Å². The van der Waals surface area contributed by atoms with Gasteiger partial charge in [-0.3, -0.25) is 0 Å². The quantitative estimate of drug-likeness (QED) is 0.583. The van der Waals surface area contributed by atoms with Gasteiger partial charge >= 0.3 is 5.97 Å². The largest absolute Gasteiger partial charge is 0.462 e. The van der Waals surface area contributed by atoms with E-state index in [1.54, 1.807) is 12.1 Å². The molecule has 0 aliphatic heterocycles. The normalized spacial score (nSPS) is 13.3. The second kappa shape index (κ2) is 8.49. The average molecular weight is 312 g/mol. The molecule has 122 valence electrons. The SMILES string of the molecule is CC(O)(CCCCCOC(=O)c1ccccc1)c1ccccc1. The molecule has 1 unspecified atom stereocenters. The maximum Gasteiger partial charge on any atom is 0.338 e. The van der Waals surface area contributed by atoms with E-state index in [4.69, 9.17) is 4.74 Å². The minimum absolute atomic E-state index is 0.276. The zero-order valence-corrected chi connectivity index (χ0v) is 13.6. The van der Waals surface area contributed by atoms with Crippen molar-refractivity contribution in [1.29, 1.82) is 0 Å². The molecule has 2 aromatic carbocycles. The Hall–Kier alpha value is -2.13. The van der Waals surface area contributed by atoms with Gasteiger partial charge in [0.05, 0.1) is 17.8 Å². The highest BCUT2D eigenvalue weighted by atomic mass is 16.5. The molecular formula is C20H24O3. The molecule has 0 spiro atoms. The van der Waals surface area contributed by atoms with E-state index in [9.17, 15) is 9.90 Å². The van der Waals surface area contributed by atoms with Crippen molar-refractivity contribution in [3.63, 3.8) is 0 Å². The molecule has 3 nitrogen and oxygen atoms in total. The second-order valence-corrected chi connectivity index (χ2v) is 5.95. The fourth-order valence-corrected chi connectivity index (χ4v) is 2.51. The summed E-state index contributed by atoms with van der Waals surface area (Å²) in [6.45, 7) is 2.26. The van der Waals surface area contributed by atoms with Gasteiger partial charge in [-0.05, 0) is 43.9 Å². The number of rotatable bonds is 8. The topological polar surface area (TPSA) is 46.5 Å². The summed E-state index contributed by atoms with van der Waals surface area (Å²) in [5.41, 5.74) is 0.720. The molecule has 0 heterocycles. The van der Waals surface area contributed by atoms with E-state index in [1.165, 1.54) is 0 Å². The van der Waals surface area contributed by atoms with Gasteiger partial charge in [0, 0.05) is 0 Å². The molecule has 0 radical (unpaired) electrons. The lowest BCUT2D eigenvalue weighted by atomic mass is 9.90. The zero-order valence-electron chi connectivity index (χ0n) is 13.6. The van der Waals surface area contributed by atoms with E-state index in [2.05, 4.69) is 0 Å². The molecule has 0 bridgehead atoms. The lowest BCUT2D eigenvalue weighted by Crippen LogP contribution is -2.20. The summed E-state index contributed by atoms with van der Waals surface area (Å²) in [7, 11) is 0. The van der Waals surface area contributed by atoms with E-state index in [0.29, 0.717) is 18.6 Å². The van der Waals surface area contributed by atoms with Crippen LogP contribution in [0.1, 0.15) is 48.5 Å². The summed E-state index contributed by atoms with van der Waals surface area (Å²) < 4.78 is 5.24. The first kappa shape index (κ1) is 17.2. The Morgan fingerprint density at radius 1 is 0.957 bits per heavy atom. The summed E-state index contributed by atoms with van der Waals surface area (Å²) in [6, 6.07) is 18.7. The Bertz CT molecular complexity index is 591. The highest BCUT2D eigenvalue weighted by Crippen LogP contribution is 2.26. The monoisotopic (exact) mass is 312 g/mol. The van der Waals surface area contributed by atoms with Gasteiger partial charge in [0.2, 0.25) is 0 Å². The van der Waals surface area contributed by atoms with Crippen molar-refractivity contribution in [2.75, 3.05) is 6.61 Å². The van der Waals surface area contributed by atoms with Gasteiger partial charge in [-0.2, -0.15) is 0 Å². The molecule has 1 N–H and O–H groups in total. The molecule has 0 amide bonds. The zero-order chi connectivity index (χ0) is 16.5. The predicted molar refractivity (Wildman–Crippen MR) is 91.2 cm³/mol. The average Bonchev–Trinajstić information content (AvgIpc) is 2.59. The van der Waals surface area contributed by atoms with Gasteiger partial charge < -0.3 is 9.84 Å². The van der Waals surface area contributed by atoms with Crippen molar-refractivity contribution < 1.29 is 14.6 Å². The van der Waals surface area contributed by atoms with Crippen molar-refractivity contribution >= 4 is 5.97 Å². The standard InChI is InChI=1S/C20H24O3/c1-20(22,18-13-7-3-8-14-18)15-9-4-10-16-23-19(21)17-11-5-2-6-12-17/h2-3,5-8,11-14,22H,4,9-10,15-16H2,1H3. The first-order valence-corrected chi connectivity index (χ1v) is 8.10. The Labute approximate surface area is 137 Å². The van der Waals surface area contributed by atoms with Gasteiger partial charge in [-0.1, -0.05) is 55.0 Å². The van der Waals surface area contributed by atoms with Gasteiger partial charge in [0.15, 0.2) is 0 Å². The third-order valence-corrected chi connectivity index (χ3v) is 3.95. The highest BCUT2D eigenvalue weighted by molar-refractivity contribution is 5.89. The van der Waals surface area contributed by atoms with Crippen LogP contribution in [0, 0.1) is 0 Å². The van der Waals surface area contributed by atoms with Crippen LogP contribution < -0.4 is 0 Å². The second-order valence-electron chi connectivity index (χ2n) is 5.95. The van der Waals surface area contributed by atoms with E-state index >= 15 is 0 Å². The fraction of sp³-hybridized carbons (Fsp3) is 0.350. The van der Waals surface area contributed by atoms with Crippen LogP contribution in [-0.2, 0) is 10.3 Å². The van der Waals surface area contributed by atoms with Crippen LogP contribution in [0.3, 0.4) is 0 Å². The first-order chi connectivity index (χ1) is 11.1. The van der Waals surface area contributed by atoms with Crippen LogP contribution in [0.5, 0.6) is 0 Å². The van der Waals surface area contributed by atoms with Crippen molar-refractivity contribution in [2.45, 2.75) is 38.2 Å². The fourth-order valence-electron chi connectivity index (χ4n) is 2.51. The summed E-state index contributed by atoms with van der Waals surface area (Å²) in [4.78, 5) is 11.8. The molecule has 0 saturated heterocycles. The molecule has 2 aromatic rings. The van der Waals surface area contributed by atoms with Crippen LogP contribution in [0.15, 0.2) is 60.7 Å². The molecule has 0 aliphatic carbocycles. The minimum atomic E-state index is -0.804. The van der Waals surface area contributed by atoms with Gasteiger partial charge in [0.1, 0.15) is 0 Å². The molecule has 3 heteroatoms. The molecule has 2 rings (SSSR count). The Kier molecular flexibility index (Phi) is 6.36. The smallest absolute Gasteiger partial charge is 0.338 e. The predicted octanol–water partition coefficient (Wildman–Crippen LogP) is 4.31. The molecule has 0 aliphatic rings. The molecule has 0 aromatic heterocycles. The van der Waals surface area contributed by atoms with Crippen molar-refractivity contribution in [1.82, 2.24) is 0 Å². The maximum absolute atomic E-state index is 11.8. The molecule has 1 atom stereocenters. The van der Waals surface area contributed by atoms with Gasteiger partial charge in [0.25, 0.3) is 0 Å². The third kappa shape index (κ3) is 5.53. The molecule has 23 heavy (non-hydrogen) atoms. The van der Waals surface area contributed by atoms with Crippen molar-refractivity contribution in [3.05, 3.63) is 71.8 Å². The van der Waals surface area contributed by atoms with E-state index in [0.717, 1.165) is 24.8 Å². The summed E-state index contributed by atoms with van der Waals surface area (Å²) in [5.74, 6) is -0.276. The number of aliphatic hydroxyl groups is 1. The molecular weight excluding hydrogens is 288 g/mol. The van der Waals surface area contributed by atoms with Crippen molar-refractivity contribution in [2.24, 2.45) is 0 Å². The number of ether oxygens (including phenoxy) is 1. The lowest BCUT2D eigenvalue weighted by Gasteiger charge is -2.23. The van der Waals surface area contributed by atoms with Crippen LogP contribution in [0.4, 0.5) is 0 Å². The number of carbonyl (C=O) groups is 1. The van der Waals surface area contributed by atoms with E-state index < -0.39 is 5.60 Å². The maximum atomic E-state index is 11.8. The van der Waals surface area contributed by atoms with Gasteiger partial charge in [-0.15, -0.1) is 0 Å². The van der Waals surface area contributed by atoms with Crippen molar-refractivity contribution in [3.8, 4) is 0 Å². The van der Waals surface area contributed by atoms with Gasteiger partial charge in [-0.25, -0.2) is 4.79 Å². The minimum Gasteiger partial charge on any atom is -0.462 e. The summed E-state index contributed by atoms with van der Waals surface area (Å²) in [6.07, 6.45) is 3.32. The summed E-state index contributed by atoms with van der Waals surface area (Å²) in [5, 5.41) is 10.5. The van der Waals surface area contributed by atoms with E-state index in [-0.39, 0.29) is 5.97 Å². The number of hydrogen-bond acceptors (Lipinski definition) is 3. The van der Waals surface area contributed by atoms with E-state index in [1.807, 2.05) is 55.5 Å². The number of unbranched alkanes of at least 4 members (excludes halogenated alkanes) is 2. The number of hydrogen-bond donors (Lipinski definition) is 1. The molecule has 0 fully saturated rings. The first-order valence-electron chi connectivity index (χ1n) is 8.10. The lowest BCUT2D eigenvalue weighted by molar-refractivity contribution is 0.0413. The van der Waals surface area contributed by atoms with Crippen LogP contribution in [0.2, 0.25) is 0 Å². The number of esters is 1. The third-order valence-electron chi connectivity index (χ3n) is 3.95. The number of carbonyl (C=O) groups excluding carboxylic acids is 1. The van der Waals surface area contributed by atoms with Crippen LogP contribution >= 0.6 is 0 Å².